The predicted octanol–water partition coefficient (Wildman–Crippen LogP) is 3.34. The van der Waals surface area contributed by atoms with Crippen LogP contribution in [0.1, 0.15) is 17.9 Å². The quantitative estimate of drug-likeness (QED) is 0.872. The third kappa shape index (κ3) is 3.34. The van der Waals surface area contributed by atoms with E-state index in [1.54, 1.807) is 0 Å². The lowest BCUT2D eigenvalue weighted by Gasteiger charge is -2.13. The first-order valence-corrected chi connectivity index (χ1v) is 6.77. The maximum Gasteiger partial charge on any atom is 0.320 e. The highest BCUT2D eigenvalue weighted by molar-refractivity contribution is 9.10. The number of ether oxygens (including phenoxy) is 1. The number of nitrogens with one attached hydrogen (secondary N) is 1. The van der Waals surface area contributed by atoms with Gasteiger partial charge in [0.15, 0.2) is 5.82 Å². The standard InChI is InChI=1S/C13H14BrF2N3O/c1-17-7-9-3-2-4-10(14)12(9)20-8-11-18-5-6-19(11)13(15)16/h2-6,13,17H,7-8H2,1H3. The van der Waals surface area contributed by atoms with Crippen LogP contribution < -0.4 is 10.1 Å². The van der Waals surface area contributed by atoms with Gasteiger partial charge in [-0.25, -0.2) is 4.98 Å². The summed E-state index contributed by atoms with van der Waals surface area (Å²) in [4.78, 5) is 3.88. The number of benzene rings is 1. The number of hydrogen-bond donors (Lipinski definition) is 1. The van der Waals surface area contributed by atoms with Gasteiger partial charge in [-0.05, 0) is 29.0 Å². The number of imidazole rings is 1. The van der Waals surface area contributed by atoms with Crippen LogP contribution in [0.15, 0.2) is 35.1 Å². The van der Waals surface area contributed by atoms with Crippen molar-refractivity contribution in [3.05, 3.63) is 46.5 Å². The third-order valence-electron chi connectivity index (χ3n) is 2.72. The van der Waals surface area contributed by atoms with Crippen molar-refractivity contribution in [2.75, 3.05) is 7.05 Å². The molecule has 0 saturated heterocycles. The number of para-hydroxylation sites is 1. The fourth-order valence-corrected chi connectivity index (χ4v) is 2.34. The zero-order valence-corrected chi connectivity index (χ0v) is 12.4. The third-order valence-corrected chi connectivity index (χ3v) is 3.34. The summed E-state index contributed by atoms with van der Waals surface area (Å²) in [5.41, 5.74) is 0.942. The molecule has 0 saturated carbocycles. The molecule has 4 nitrogen and oxygen atoms in total. The first-order valence-electron chi connectivity index (χ1n) is 5.98. The van der Waals surface area contributed by atoms with Crippen LogP contribution in [0.4, 0.5) is 8.78 Å². The lowest BCUT2D eigenvalue weighted by Crippen LogP contribution is -2.10. The first kappa shape index (κ1) is 14.9. The van der Waals surface area contributed by atoms with E-state index >= 15 is 0 Å². The van der Waals surface area contributed by atoms with Crippen LogP contribution in [0, 0.1) is 0 Å². The zero-order valence-electron chi connectivity index (χ0n) is 10.8. The molecule has 0 aliphatic rings. The van der Waals surface area contributed by atoms with Gasteiger partial charge in [-0.2, -0.15) is 8.78 Å². The number of rotatable bonds is 6. The van der Waals surface area contributed by atoms with Crippen LogP contribution in [-0.2, 0) is 13.2 Å². The van der Waals surface area contributed by atoms with Gasteiger partial charge in [0.1, 0.15) is 12.4 Å². The Morgan fingerprint density at radius 3 is 2.95 bits per heavy atom. The number of halogens is 3. The van der Waals surface area contributed by atoms with E-state index in [0.29, 0.717) is 12.3 Å². The molecule has 0 radical (unpaired) electrons. The summed E-state index contributed by atoms with van der Waals surface area (Å²) < 4.78 is 32.6. The largest absolute Gasteiger partial charge is 0.484 e. The number of nitrogens with zero attached hydrogens (tertiary/aromatic N) is 2. The molecule has 7 heteroatoms. The Morgan fingerprint density at radius 1 is 1.45 bits per heavy atom. The highest BCUT2D eigenvalue weighted by atomic mass is 79.9. The fourth-order valence-electron chi connectivity index (χ4n) is 1.81. The van der Waals surface area contributed by atoms with Crippen LogP contribution in [0.5, 0.6) is 5.75 Å². The average molecular weight is 346 g/mol. The molecule has 108 valence electrons. The Hall–Kier alpha value is -1.47. The molecule has 0 aliphatic heterocycles. The van der Waals surface area contributed by atoms with Crippen molar-refractivity contribution >= 4 is 15.9 Å². The minimum absolute atomic E-state index is 0.0172. The Labute approximate surface area is 123 Å². The van der Waals surface area contributed by atoms with Gasteiger partial charge in [-0.3, -0.25) is 4.57 Å². The van der Waals surface area contributed by atoms with Crippen molar-refractivity contribution in [3.63, 3.8) is 0 Å². The van der Waals surface area contributed by atoms with Gasteiger partial charge in [0.05, 0.1) is 4.47 Å². The van der Waals surface area contributed by atoms with Gasteiger partial charge in [-0.15, -0.1) is 0 Å². The van der Waals surface area contributed by atoms with E-state index in [9.17, 15) is 8.78 Å². The summed E-state index contributed by atoms with van der Waals surface area (Å²) in [5.74, 6) is 0.817. The second-order valence-corrected chi connectivity index (χ2v) is 4.93. The van der Waals surface area contributed by atoms with E-state index in [1.165, 1.54) is 12.4 Å². The molecule has 20 heavy (non-hydrogen) atoms. The molecular weight excluding hydrogens is 332 g/mol. The number of aromatic nitrogens is 2. The monoisotopic (exact) mass is 345 g/mol. The van der Waals surface area contributed by atoms with Gasteiger partial charge < -0.3 is 10.1 Å². The molecule has 0 bridgehead atoms. The Kier molecular flexibility index (Phi) is 5.08. The van der Waals surface area contributed by atoms with Crippen molar-refractivity contribution in [1.29, 1.82) is 0 Å². The minimum Gasteiger partial charge on any atom is -0.484 e. The highest BCUT2D eigenvalue weighted by Crippen LogP contribution is 2.30. The summed E-state index contributed by atoms with van der Waals surface area (Å²) in [6.45, 7) is -2.01. The van der Waals surface area contributed by atoms with Crippen LogP contribution >= 0.6 is 15.9 Å². The smallest absolute Gasteiger partial charge is 0.320 e. The van der Waals surface area contributed by atoms with Gasteiger partial charge in [-0.1, -0.05) is 12.1 Å². The van der Waals surface area contributed by atoms with Crippen LogP contribution in [-0.4, -0.2) is 16.6 Å². The molecule has 0 fully saturated rings. The number of alkyl halides is 2. The molecule has 0 atom stereocenters. The molecule has 1 N–H and O–H groups in total. The van der Waals surface area contributed by atoms with E-state index < -0.39 is 6.55 Å². The van der Waals surface area contributed by atoms with E-state index in [1.807, 2.05) is 25.2 Å². The van der Waals surface area contributed by atoms with E-state index in [0.717, 1.165) is 14.6 Å². The minimum atomic E-state index is -2.62. The van der Waals surface area contributed by atoms with E-state index in [2.05, 4.69) is 26.2 Å². The van der Waals surface area contributed by atoms with Crippen LogP contribution in [0.2, 0.25) is 0 Å². The van der Waals surface area contributed by atoms with Crippen molar-refractivity contribution in [2.45, 2.75) is 19.7 Å². The Bertz CT molecular complexity index is 574. The molecule has 2 aromatic rings. The molecular formula is C13H14BrF2N3O. The normalized spacial score (nSPS) is 11.1. The lowest BCUT2D eigenvalue weighted by molar-refractivity contribution is 0.0631. The summed E-state index contributed by atoms with van der Waals surface area (Å²) in [5, 5.41) is 3.03. The van der Waals surface area contributed by atoms with Gasteiger partial charge in [0, 0.05) is 24.5 Å². The fraction of sp³-hybridized carbons (Fsp3) is 0.308. The molecule has 0 amide bonds. The maximum atomic E-state index is 12.7. The molecule has 1 heterocycles. The van der Waals surface area contributed by atoms with Crippen molar-refractivity contribution in [2.24, 2.45) is 0 Å². The molecule has 1 aromatic heterocycles. The predicted molar refractivity (Wildman–Crippen MR) is 74.7 cm³/mol. The van der Waals surface area contributed by atoms with E-state index in [-0.39, 0.29) is 12.4 Å². The molecule has 0 aliphatic carbocycles. The second kappa shape index (κ2) is 6.81. The molecule has 2 rings (SSSR count). The van der Waals surface area contributed by atoms with Gasteiger partial charge >= 0.3 is 6.55 Å². The summed E-state index contributed by atoms with van der Waals surface area (Å²) >= 11 is 3.40. The van der Waals surface area contributed by atoms with Crippen molar-refractivity contribution < 1.29 is 13.5 Å². The topological polar surface area (TPSA) is 39.1 Å². The Balaban J connectivity index is 2.16. The molecule has 0 spiro atoms. The first-order chi connectivity index (χ1) is 9.63. The van der Waals surface area contributed by atoms with Crippen molar-refractivity contribution in [3.8, 4) is 5.75 Å². The second-order valence-electron chi connectivity index (χ2n) is 4.08. The zero-order chi connectivity index (χ0) is 14.5. The van der Waals surface area contributed by atoms with Crippen molar-refractivity contribution in [1.82, 2.24) is 14.9 Å². The van der Waals surface area contributed by atoms with Crippen LogP contribution in [0.25, 0.3) is 0 Å². The Morgan fingerprint density at radius 2 is 2.25 bits per heavy atom. The van der Waals surface area contributed by atoms with Gasteiger partial charge in [0.2, 0.25) is 0 Å². The highest BCUT2D eigenvalue weighted by Gasteiger charge is 2.13. The summed E-state index contributed by atoms with van der Waals surface area (Å²) in [6.07, 6.45) is 2.57. The lowest BCUT2D eigenvalue weighted by atomic mass is 10.2. The summed E-state index contributed by atoms with van der Waals surface area (Å²) in [6, 6.07) is 5.65. The molecule has 0 unspecified atom stereocenters. The summed E-state index contributed by atoms with van der Waals surface area (Å²) in [7, 11) is 1.83. The van der Waals surface area contributed by atoms with Gasteiger partial charge in [0.25, 0.3) is 0 Å². The van der Waals surface area contributed by atoms with E-state index in [4.69, 9.17) is 4.74 Å². The SMILES string of the molecule is CNCc1cccc(Br)c1OCc1nccn1C(F)F. The average Bonchev–Trinajstić information content (AvgIpc) is 2.87. The van der Waals surface area contributed by atoms with Crippen LogP contribution in [0.3, 0.4) is 0 Å². The molecule has 1 aromatic carbocycles. The maximum absolute atomic E-state index is 12.7. The number of hydrogen-bond acceptors (Lipinski definition) is 3.